The molecule has 1 spiro atoms. The van der Waals surface area contributed by atoms with Gasteiger partial charge in [0.05, 0.1) is 5.41 Å². The van der Waals surface area contributed by atoms with Gasteiger partial charge in [0.25, 0.3) is 0 Å². The molecule has 0 bridgehead atoms. The van der Waals surface area contributed by atoms with Gasteiger partial charge in [0, 0.05) is 33.2 Å². The van der Waals surface area contributed by atoms with E-state index in [4.69, 9.17) is 4.42 Å². The van der Waals surface area contributed by atoms with Crippen molar-refractivity contribution in [3.63, 3.8) is 0 Å². The molecule has 2 nitrogen and oxygen atoms in total. The second kappa shape index (κ2) is 14.7. The fourth-order valence-corrected chi connectivity index (χ4v) is 11.7. The molecule has 0 amide bonds. The highest BCUT2D eigenvalue weighted by Crippen LogP contribution is 2.63. The highest BCUT2D eigenvalue weighted by molar-refractivity contribution is 6.22. The third kappa shape index (κ3) is 5.51. The molecule has 11 aromatic carbocycles. The van der Waals surface area contributed by atoms with E-state index >= 15 is 0 Å². The van der Waals surface area contributed by atoms with E-state index in [1.54, 1.807) is 0 Å². The van der Waals surface area contributed by atoms with Crippen LogP contribution in [0.15, 0.2) is 253 Å². The van der Waals surface area contributed by atoms with Crippen molar-refractivity contribution >= 4 is 49.8 Å². The molecular weight excluding hydrogens is 811 g/mol. The first-order chi connectivity index (χ1) is 33.2. The van der Waals surface area contributed by atoms with Gasteiger partial charge in [0.2, 0.25) is 0 Å². The lowest BCUT2D eigenvalue weighted by Crippen LogP contribution is -2.26. The molecule has 0 aliphatic heterocycles. The molecule has 0 N–H and O–H groups in total. The lowest BCUT2D eigenvalue weighted by Gasteiger charge is -2.32. The molecule has 0 saturated carbocycles. The van der Waals surface area contributed by atoms with Crippen molar-refractivity contribution in [3.05, 3.63) is 271 Å². The van der Waals surface area contributed by atoms with E-state index in [0.717, 1.165) is 55.5 Å². The van der Waals surface area contributed by atoms with Crippen molar-refractivity contribution in [2.75, 3.05) is 4.90 Å². The average molecular weight is 852 g/mol. The Kier molecular flexibility index (Phi) is 8.23. The highest BCUT2D eigenvalue weighted by Gasteiger charge is 2.51. The van der Waals surface area contributed by atoms with E-state index in [-0.39, 0.29) is 0 Å². The molecule has 14 rings (SSSR count). The summed E-state index contributed by atoms with van der Waals surface area (Å²) in [5.41, 5.74) is 22.1. The van der Waals surface area contributed by atoms with Crippen LogP contribution in [0.4, 0.5) is 17.1 Å². The SMILES string of the molecule is c1ccc(-c2ccc(N(c3cccc(-c4cccc5oc6c7ccccc7c(-c7ccccc7)cc6c45)c3)c3ccc4c(c3)C3(c5ccccc5-c5ccccc53)c3ccccc3-4)cc2)cc1. The van der Waals surface area contributed by atoms with Crippen molar-refractivity contribution in [1.29, 1.82) is 0 Å². The van der Waals surface area contributed by atoms with Crippen molar-refractivity contribution in [2.24, 2.45) is 0 Å². The monoisotopic (exact) mass is 851 g/mol. The van der Waals surface area contributed by atoms with Gasteiger partial charge in [0.1, 0.15) is 11.2 Å². The minimum Gasteiger partial charge on any atom is -0.455 e. The van der Waals surface area contributed by atoms with Crippen molar-refractivity contribution in [2.45, 2.75) is 5.41 Å². The number of rotatable bonds is 6. The first-order valence-corrected chi connectivity index (χ1v) is 23.2. The largest absolute Gasteiger partial charge is 0.455 e. The summed E-state index contributed by atoms with van der Waals surface area (Å²) in [5.74, 6) is 0. The molecule has 1 aromatic heterocycles. The number of fused-ring (bicyclic) bond motifs is 15. The van der Waals surface area contributed by atoms with Gasteiger partial charge in [-0.05, 0) is 132 Å². The zero-order valence-electron chi connectivity index (χ0n) is 36.5. The normalized spacial score (nSPS) is 12.9. The quantitative estimate of drug-likeness (QED) is 0.166. The van der Waals surface area contributed by atoms with Crippen molar-refractivity contribution in [3.8, 4) is 55.6 Å². The maximum absolute atomic E-state index is 6.84. The molecule has 0 radical (unpaired) electrons. The van der Waals surface area contributed by atoms with Crippen LogP contribution in [0.25, 0.3) is 88.3 Å². The van der Waals surface area contributed by atoms with Crippen LogP contribution in [-0.4, -0.2) is 0 Å². The van der Waals surface area contributed by atoms with Crippen LogP contribution in [0.3, 0.4) is 0 Å². The van der Waals surface area contributed by atoms with Crippen LogP contribution in [0.2, 0.25) is 0 Å². The minimum atomic E-state index is -0.458. The van der Waals surface area contributed by atoms with E-state index < -0.39 is 5.41 Å². The minimum absolute atomic E-state index is 0.458. The Morgan fingerprint density at radius 2 is 0.791 bits per heavy atom. The number of benzene rings is 11. The molecular formula is C65H41NO. The molecule has 312 valence electrons. The third-order valence-corrected chi connectivity index (χ3v) is 14.5. The second-order valence-electron chi connectivity index (χ2n) is 17.9. The number of hydrogen-bond acceptors (Lipinski definition) is 2. The standard InChI is InChI=1S/C65H41NO/c1-3-17-42(18-4-1)43-33-35-46(36-34-43)66(48-37-38-54-53-26-11-14-31-60(53)65(61(54)40-48)58-29-12-9-24-51(58)52-25-10-13-30-59(52)65)47-22-15-21-45(39-47)49-28-16-32-62-63(49)57-41-56(44-19-5-2-6-20-44)50-23-7-8-27-55(50)64(57)67-62/h1-41H. The lowest BCUT2D eigenvalue weighted by molar-refractivity contribution is 0.673. The number of nitrogens with zero attached hydrogens (tertiary/aromatic N) is 1. The molecule has 1 heterocycles. The number of hydrogen-bond donors (Lipinski definition) is 0. The molecule has 67 heavy (non-hydrogen) atoms. The number of anilines is 3. The topological polar surface area (TPSA) is 16.4 Å². The molecule has 12 aromatic rings. The molecule has 0 saturated heterocycles. The molecule has 2 aliphatic rings. The van der Waals surface area contributed by atoms with E-state index in [0.29, 0.717) is 0 Å². The van der Waals surface area contributed by atoms with Crippen LogP contribution in [0, 0.1) is 0 Å². The van der Waals surface area contributed by atoms with Gasteiger partial charge in [-0.2, -0.15) is 0 Å². The number of furan rings is 1. The van der Waals surface area contributed by atoms with Gasteiger partial charge in [-0.25, -0.2) is 0 Å². The van der Waals surface area contributed by atoms with Gasteiger partial charge in [-0.3, -0.25) is 0 Å². The summed E-state index contributed by atoms with van der Waals surface area (Å²) in [7, 11) is 0. The van der Waals surface area contributed by atoms with Crippen LogP contribution in [0.1, 0.15) is 22.3 Å². The van der Waals surface area contributed by atoms with Crippen LogP contribution in [0.5, 0.6) is 0 Å². The van der Waals surface area contributed by atoms with Crippen LogP contribution >= 0.6 is 0 Å². The highest BCUT2D eigenvalue weighted by atomic mass is 16.3. The van der Waals surface area contributed by atoms with E-state index in [2.05, 4.69) is 254 Å². The Balaban J connectivity index is 0.987. The summed E-state index contributed by atoms with van der Waals surface area (Å²) in [6.45, 7) is 0. The fourth-order valence-electron chi connectivity index (χ4n) is 11.7. The molecule has 2 heteroatoms. The average Bonchev–Trinajstić information content (AvgIpc) is 4.04. The van der Waals surface area contributed by atoms with Gasteiger partial charge in [0.15, 0.2) is 0 Å². The predicted molar refractivity (Wildman–Crippen MR) is 279 cm³/mol. The summed E-state index contributed by atoms with van der Waals surface area (Å²) in [4.78, 5) is 2.44. The van der Waals surface area contributed by atoms with Crippen molar-refractivity contribution in [1.82, 2.24) is 0 Å². The smallest absolute Gasteiger partial charge is 0.143 e. The van der Waals surface area contributed by atoms with E-state index in [9.17, 15) is 0 Å². The zero-order valence-corrected chi connectivity index (χ0v) is 36.5. The maximum atomic E-state index is 6.84. The first-order valence-electron chi connectivity index (χ1n) is 23.2. The summed E-state index contributed by atoms with van der Waals surface area (Å²) >= 11 is 0. The van der Waals surface area contributed by atoms with Crippen LogP contribution in [-0.2, 0) is 5.41 Å². The summed E-state index contributed by atoms with van der Waals surface area (Å²) in [6, 6.07) is 91.2. The maximum Gasteiger partial charge on any atom is 0.143 e. The summed E-state index contributed by atoms with van der Waals surface area (Å²) in [5, 5.41) is 4.53. The Hall–Kier alpha value is -8.72. The Morgan fingerprint density at radius 1 is 0.284 bits per heavy atom. The third-order valence-electron chi connectivity index (χ3n) is 14.5. The van der Waals surface area contributed by atoms with Gasteiger partial charge < -0.3 is 9.32 Å². The van der Waals surface area contributed by atoms with Crippen LogP contribution < -0.4 is 4.90 Å². The molecule has 0 unspecified atom stereocenters. The summed E-state index contributed by atoms with van der Waals surface area (Å²) in [6.07, 6.45) is 0. The van der Waals surface area contributed by atoms with Gasteiger partial charge in [-0.15, -0.1) is 0 Å². The Morgan fingerprint density at radius 3 is 1.48 bits per heavy atom. The lowest BCUT2D eigenvalue weighted by atomic mass is 9.70. The summed E-state index contributed by atoms with van der Waals surface area (Å²) < 4.78 is 6.84. The van der Waals surface area contributed by atoms with E-state index in [1.807, 2.05) is 0 Å². The zero-order chi connectivity index (χ0) is 44.1. The van der Waals surface area contributed by atoms with Gasteiger partial charge >= 0.3 is 0 Å². The van der Waals surface area contributed by atoms with Crippen molar-refractivity contribution < 1.29 is 4.42 Å². The molecule has 2 aliphatic carbocycles. The molecule has 0 fully saturated rings. The fraction of sp³-hybridized carbons (Fsp3) is 0.0154. The first kappa shape index (κ1) is 37.6. The Bertz CT molecular complexity index is 3860. The Labute approximate surface area is 389 Å². The predicted octanol–water partition coefficient (Wildman–Crippen LogP) is 17.6. The second-order valence-corrected chi connectivity index (χ2v) is 17.9. The molecule has 0 atom stereocenters. The van der Waals surface area contributed by atoms with Gasteiger partial charge in [-0.1, -0.05) is 200 Å². The van der Waals surface area contributed by atoms with E-state index in [1.165, 1.54) is 72.1 Å².